The van der Waals surface area contributed by atoms with E-state index in [1.165, 1.54) is 5.56 Å². The van der Waals surface area contributed by atoms with Crippen LogP contribution < -0.4 is 0 Å². The van der Waals surface area contributed by atoms with Gasteiger partial charge in [-0.05, 0) is 48.8 Å². The summed E-state index contributed by atoms with van der Waals surface area (Å²) < 4.78 is 1.73. The Morgan fingerprint density at radius 1 is 1.45 bits per heavy atom. The summed E-state index contributed by atoms with van der Waals surface area (Å²) in [7, 11) is 0. The van der Waals surface area contributed by atoms with Gasteiger partial charge in [0.15, 0.2) is 11.5 Å². The number of nitrogens with zero attached hydrogens (tertiary/aromatic N) is 3. The molecule has 116 valence electrons. The molecular weight excluding hydrogens is 278 g/mol. The normalized spacial score (nSPS) is 16.3. The van der Waals surface area contributed by atoms with Crippen LogP contribution in [0.3, 0.4) is 0 Å². The molecule has 0 amide bonds. The van der Waals surface area contributed by atoms with E-state index in [0.29, 0.717) is 5.82 Å². The van der Waals surface area contributed by atoms with Crippen molar-refractivity contribution in [2.24, 2.45) is 5.41 Å². The summed E-state index contributed by atoms with van der Waals surface area (Å²) in [6.07, 6.45) is 5.24. The van der Waals surface area contributed by atoms with Crippen molar-refractivity contribution < 1.29 is 9.90 Å². The number of carbonyl (C=O) groups is 1. The predicted molar refractivity (Wildman–Crippen MR) is 83.5 cm³/mol. The summed E-state index contributed by atoms with van der Waals surface area (Å²) in [5.41, 5.74) is 3.36. The molecule has 22 heavy (non-hydrogen) atoms. The quantitative estimate of drug-likeness (QED) is 0.946. The van der Waals surface area contributed by atoms with Crippen molar-refractivity contribution >= 4 is 5.97 Å². The number of fused-ring (bicyclic) bond motifs is 1. The molecule has 1 N–H and O–H groups in total. The van der Waals surface area contributed by atoms with Crippen LogP contribution in [0.1, 0.15) is 54.5 Å². The lowest BCUT2D eigenvalue weighted by Gasteiger charge is -2.29. The van der Waals surface area contributed by atoms with E-state index in [0.717, 1.165) is 36.9 Å². The molecule has 1 aliphatic rings. The van der Waals surface area contributed by atoms with Gasteiger partial charge in [0.2, 0.25) is 0 Å². The Morgan fingerprint density at radius 2 is 2.23 bits per heavy atom. The molecule has 1 aliphatic carbocycles. The average Bonchev–Trinajstić information content (AvgIpc) is 2.84. The minimum Gasteiger partial charge on any atom is -0.476 e. The molecular formula is C17H21N3O2. The van der Waals surface area contributed by atoms with E-state index in [1.807, 2.05) is 12.1 Å². The third kappa shape index (κ3) is 2.51. The molecule has 5 nitrogen and oxygen atoms in total. The van der Waals surface area contributed by atoms with Gasteiger partial charge in [-0.3, -0.25) is 0 Å². The van der Waals surface area contributed by atoms with Gasteiger partial charge in [-0.25, -0.2) is 14.5 Å². The van der Waals surface area contributed by atoms with Crippen molar-refractivity contribution in [3.05, 3.63) is 40.8 Å². The van der Waals surface area contributed by atoms with Gasteiger partial charge in [-0.15, -0.1) is 0 Å². The van der Waals surface area contributed by atoms with Gasteiger partial charge in [0.25, 0.3) is 0 Å². The summed E-state index contributed by atoms with van der Waals surface area (Å²) in [4.78, 5) is 15.9. The van der Waals surface area contributed by atoms with Gasteiger partial charge in [-0.2, -0.15) is 5.10 Å². The number of aromatic nitrogens is 3. The standard InChI is InChI=1S/C17H21N3O2/c1-4-11-6-8-18-14(9-11)20-13-10-17(2,3)7-5-12(13)15(19-20)16(21)22/h6,8-9H,4-5,7,10H2,1-3H3,(H,21,22). The average molecular weight is 299 g/mol. The number of carboxylic acid groups (broad SMARTS) is 1. The lowest BCUT2D eigenvalue weighted by molar-refractivity contribution is 0.0688. The van der Waals surface area contributed by atoms with Crippen LogP contribution in [0.15, 0.2) is 18.3 Å². The molecule has 0 saturated heterocycles. The predicted octanol–water partition coefficient (Wildman–Crippen LogP) is 3.04. The summed E-state index contributed by atoms with van der Waals surface area (Å²) in [6, 6.07) is 3.96. The smallest absolute Gasteiger partial charge is 0.356 e. The maximum atomic E-state index is 11.5. The molecule has 2 aromatic rings. The monoisotopic (exact) mass is 299 g/mol. The number of aryl methyl sites for hydroxylation is 1. The number of hydrogen-bond donors (Lipinski definition) is 1. The fourth-order valence-electron chi connectivity index (χ4n) is 3.09. The highest BCUT2D eigenvalue weighted by Crippen LogP contribution is 2.37. The fraction of sp³-hybridized carbons (Fsp3) is 0.471. The van der Waals surface area contributed by atoms with E-state index in [1.54, 1.807) is 10.9 Å². The zero-order valence-corrected chi connectivity index (χ0v) is 13.3. The second kappa shape index (κ2) is 5.23. The fourth-order valence-corrected chi connectivity index (χ4v) is 3.09. The Kier molecular flexibility index (Phi) is 3.51. The molecule has 5 heteroatoms. The van der Waals surface area contributed by atoms with Crippen LogP contribution in [-0.4, -0.2) is 25.8 Å². The van der Waals surface area contributed by atoms with Crippen LogP contribution >= 0.6 is 0 Å². The van der Waals surface area contributed by atoms with E-state index >= 15 is 0 Å². The van der Waals surface area contributed by atoms with Crippen LogP contribution in [0.4, 0.5) is 0 Å². The number of carboxylic acids is 1. The van der Waals surface area contributed by atoms with E-state index in [-0.39, 0.29) is 11.1 Å². The highest BCUT2D eigenvalue weighted by Gasteiger charge is 2.33. The minimum absolute atomic E-state index is 0.156. The van der Waals surface area contributed by atoms with Crippen molar-refractivity contribution in [2.45, 2.75) is 46.5 Å². The van der Waals surface area contributed by atoms with Gasteiger partial charge in [0, 0.05) is 11.8 Å². The Morgan fingerprint density at radius 3 is 2.91 bits per heavy atom. The van der Waals surface area contributed by atoms with E-state index in [2.05, 4.69) is 30.9 Å². The Balaban J connectivity index is 2.17. The number of aromatic carboxylic acids is 1. The molecule has 3 rings (SSSR count). The summed E-state index contributed by atoms with van der Waals surface area (Å²) in [5.74, 6) is -0.248. The lowest BCUT2D eigenvalue weighted by Crippen LogP contribution is -2.24. The highest BCUT2D eigenvalue weighted by molar-refractivity contribution is 5.87. The Hall–Kier alpha value is -2.17. The molecule has 0 bridgehead atoms. The molecule has 0 unspecified atom stereocenters. The van der Waals surface area contributed by atoms with Gasteiger partial charge >= 0.3 is 5.97 Å². The van der Waals surface area contributed by atoms with Crippen LogP contribution in [0, 0.1) is 5.41 Å². The van der Waals surface area contributed by atoms with Crippen LogP contribution in [-0.2, 0) is 19.3 Å². The maximum Gasteiger partial charge on any atom is 0.356 e. The number of rotatable bonds is 3. The summed E-state index contributed by atoms with van der Waals surface area (Å²) in [5, 5.41) is 13.8. The zero-order valence-electron chi connectivity index (χ0n) is 13.3. The summed E-state index contributed by atoms with van der Waals surface area (Å²) in [6.45, 7) is 6.51. The third-order valence-electron chi connectivity index (χ3n) is 4.43. The van der Waals surface area contributed by atoms with Crippen LogP contribution in [0.5, 0.6) is 0 Å². The second-order valence-electron chi connectivity index (χ2n) is 6.71. The topological polar surface area (TPSA) is 68.0 Å². The molecule has 0 fully saturated rings. The van der Waals surface area contributed by atoms with Crippen molar-refractivity contribution in [3.8, 4) is 5.82 Å². The first-order chi connectivity index (χ1) is 10.4. The van der Waals surface area contributed by atoms with E-state index < -0.39 is 5.97 Å². The van der Waals surface area contributed by atoms with Gasteiger partial charge in [0.1, 0.15) is 0 Å². The number of pyridine rings is 1. The van der Waals surface area contributed by atoms with Crippen molar-refractivity contribution in [1.29, 1.82) is 0 Å². The Labute approximate surface area is 130 Å². The molecule has 2 aromatic heterocycles. The van der Waals surface area contributed by atoms with Crippen molar-refractivity contribution in [2.75, 3.05) is 0 Å². The van der Waals surface area contributed by atoms with Gasteiger partial charge in [-0.1, -0.05) is 20.8 Å². The zero-order chi connectivity index (χ0) is 15.9. The van der Waals surface area contributed by atoms with Gasteiger partial charge < -0.3 is 5.11 Å². The third-order valence-corrected chi connectivity index (χ3v) is 4.43. The molecule has 0 aliphatic heterocycles. The molecule has 0 saturated carbocycles. The number of hydrogen-bond acceptors (Lipinski definition) is 3. The summed E-state index contributed by atoms with van der Waals surface area (Å²) >= 11 is 0. The lowest BCUT2D eigenvalue weighted by atomic mass is 9.76. The molecule has 0 aromatic carbocycles. The van der Waals surface area contributed by atoms with E-state index in [4.69, 9.17) is 0 Å². The van der Waals surface area contributed by atoms with Crippen molar-refractivity contribution in [3.63, 3.8) is 0 Å². The maximum absolute atomic E-state index is 11.5. The minimum atomic E-state index is -0.957. The molecule has 0 atom stereocenters. The van der Waals surface area contributed by atoms with Crippen LogP contribution in [0.25, 0.3) is 5.82 Å². The van der Waals surface area contributed by atoms with Crippen LogP contribution in [0.2, 0.25) is 0 Å². The van der Waals surface area contributed by atoms with Crippen molar-refractivity contribution in [1.82, 2.24) is 14.8 Å². The Bertz CT molecular complexity index is 732. The van der Waals surface area contributed by atoms with E-state index in [9.17, 15) is 9.90 Å². The molecule has 0 radical (unpaired) electrons. The first-order valence-electron chi connectivity index (χ1n) is 7.70. The first-order valence-corrected chi connectivity index (χ1v) is 7.70. The molecule has 0 spiro atoms. The largest absolute Gasteiger partial charge is 0.476 e. The molecule has 2 heterocycles. The first kappa shape index (κ1) is 14.8. The second-order valence-corrected chi connectivity index (χ2v) is 6.71. The highest BCUT2D eigenvalue weighted by atomic mass is 16.4. The van der Waals surface area contributed by atoms with Gasteiger partial charge in [0.05, 0.1) is 5.69 Å². The SMILES string of the molecule is CCc1ccnc(-n2nc(C(=O)O)c3c2CC(C)(C)CC3)c1.